The van der Waals surface area contributed by atoms with Crippen molar-refractivity contribution in [2.45, 2.75) is 0 Å². The van der Waals surface area contributed by atoms with Crippen LogP contribution in [0.2, 0.25) is 0 Å². The fraction of sp³-hybridized carbons (Fsp3) is 0. The number of rotatable bonds is 5. The second-order valence-electron chi connectivity index (χ2n) is 7.31. The van der Waals surface area contributed by atoms with Crippen molar-refractivity contribution < 1.29 is 41.0 Å². The Labute approximate surface area is 211 Å². The predicted octanol–water partition coefficient (Wildman–Crippen LogP) is 5.13. The van der Waals surface area contributed by atoms with Gasteiger partial charge in [-0.2, -0.15) is 0 Å². The number of benzene rings is 3. The molecule has 1 heterocycles. The number of anilines is 1. The first-order valence-corrected chi connectivity index (χ1v) is 10.3. The van der Waals surface area contributed by atoms with Gasteiger partial charge in [0.1, 0.15) is 11.1 Å². The molecule has 0 aliphatic rings. The third-order valence-corrected chi connectivity index (χ3v) is 5.09. The van der Waals surface area contributed by atoms with Crippen molar-refractivity contribution >= 4 is 51.4 Å². The molecule has 4 aromatic rings. The monoisotopic (exact) mass is 553 g/mol. The van der Waals surface area contributed by atoms with Crippen LogP contribution in [-0.4, -0.2) is 25.9 Å². The molecule has 17 heteroatoms. The maximum atomic E-state index is 14.1. The number of nitrogens with one attached hydrogen (secondary N) is 2. The molecule has 0 radical (unpaired) electrons. The van der Waals surface area contributed by atoms with Crippen LogP contribution in [0.5, 0.6) is 0 Å². The Bertz CT molecular complexity index is 1630. The Morgan fingerprint density at radius 3 is 1.97 bits per heavy atom. The first-order chi connectivity index (χ1) is 17.9. The van der Waals surface area contributed by atoms with E-state index < -0.39 is 73.2 Å². The molecule has 0 atom stereocenters. The summed E-state index contributed by atoms with van der Waals surface area (Å²) in [6.07, 6.45) is 0. The van der Waals surface area contributed by atoms with E-state index in [9.17, 15) is 47.0 Å². The summed E-state index contributed by atoms with van der Waals surface area (Å²) in [5, 5.41) is 26.3. The maximum Gasteiger partial charge on any atom is 0.277 e. The molecule has 11 nitrogen and oxygen atoms in total. The van der Waals surface area contributed by atoms with E-state index in [1.165, 1.54) is 18.2 Å². The van der Waals surface area contributed by atoms with Gasteiger partial charge in [0.2, 0.25) is 11.7 Å². The molecule has 0 aliphatic carbocycles. The zero-order valence-electron chi connectivity index (χ0n) is 18.1. The highest BCUT2D eigenvalue weighted by molar-refractivity contribution is 7.80. The molecule has 2 N–H and O–H groups in total. The summed E-state index contributed by atoms with van der Waals surface area (Å²) in [6.45, 7) is 0. The van der Waals surface area contributed by atoms with Crippen LogP contribution in [0.25, 0.3) is 22.6 Å². The van der Waals surface area contributed by atoms with Gasteiger partial charge >= 0.3 is 0 Å². The van der Waals surface area contributed by atoms with Crippen LogP contribution in [0, 0.1) is 49.3 Å². The van der Waals surface area contributed by atoms with E-state index in [-0.39, 0.29) is 21.9 Å². The Balaban J connectivity index is 1.57. The smallest absolute Gasteiger partial charge is 0.277 e. The summed E-state index contributed by atoms with van der Waals surface area (Å²) in [4.78, 5) is 36.3. The normalized spacial score (nSPS) is 10.9. The highest BCUT2D eigenvalue weighted by Gasteiger charge is 2.29. The first-order valence-electron chi connectivity index (χ1n) is 9.86. The van der Waals surface area contributed by atoms with Crippen molar-refractivity contribution in [3.8, 4) is 11.5 Å². The van der Waals surface area contributed by atoms with Crippen molar-refractivity contribution in [3.05, 3.63) is 91.3 Å². The fourth-order valence-electron chi connectivity index (χ4n) is 3.18. The number of carbonyl (C=O) groups excluding carboxylic acids is 1. The van der Waals surface area contributed by atoms with Gasteiger partial charge < -0.3 is 9.73 Å². The first kappa shape index (κ1) is 26.0. The molecule has 1 amide bonds. The van der Waals surface area contributed by atoms with Crippen molar-refractivity contribution in [3.63, 3.8) is 0 Å². The highest BCUT2D eigenvalue weighted by Crippen LogP contribution is 2.33. The number of nitro groups is 2. The van der Waals surface area contributed by atoms with Gasteiger partial charge in [0, 0.05) is 17.8 Å². The van der Waals surface area contributed by atoms with Gasteiger partial charge in [-0.3, -0.25) is 30.3 Å². The van der Waals surface area contributed by atoms with Crippen molar-refractivity contribution in [1.82, 2.24) is 10.3 Å². The van der Waals surface area contributed by atoms with Gasteiger partial charge in [-0.05, 0) is 30.4 Å². The number of halogens is 5. The molecule has 0 spiro atoms. The molecule has 1 aromatic heterocycles. The fourth-order valence-corrected chi connectivity index (χ4v) is 3.39. The molecule has 0 unspecified atom stereocenters. The van der Waals surface area contributed by atoms with Crippen LogP contribution < -0.4 is 10.6 Å². The molecule has 38 heavy (non-hydrogen) atoms. The largest absolute Gasteiger partial charge is 0.436 e. The molecule has 0 fully saturated rings. The van der Waals surface area contributed by atoms with E-state index in [2.05, 4.69) is 15.6 Å². The number of thiocarbonyl (C=S) groups is 1. The van der Waals surface area contributed by atoms with Crippen molar-refractivity contribution in [1.29, 1.82) is 0 Å². The number of oxazole rings is 1. The van der Waals surface area contributed by atoms with Crippen LogP contribution in [0.3, 0.4) is 0 Å². The Hall–Kier alpha value is -5.06. The van der Waals surface area contributed by atoms with Crippen molar-refractivity contribution in [2.24, 2.45) is 0 Å². The lowest BCUT2D eigenvalue weighted by molar-refractivity contribution is -0.394. The lowest BCUT2D eigenvalue weighted by Crippen LogP contribution is -2.34. The van der Waals surface area contributed by atoms with Crippen LogP contribution in [0.4, 0.5) is 39.0 Å². The summed E-state index contributed by atoms with van der Waals surface area (Å²) in [5.41, 5.74) is -3.31. The second kappa shape index (κ2) is 9.77. The van der Waals surface area contributed by atoms with Crippen molar-refractivity contribution in [2.75, 3.05) is 5.32 Å². The third-order valence-electron chi connectivity index (χ3n) is 4.88. The van der Waals surface area contributed by atoms with Crippen LogP contribution in [0.1, 0.15) is 10.4 Å². The lowest BCUT2D eigenvalue weighted by atomic mass is 10.1. The summed E-state index contributed by atoms with van der Waals surface area (Å²) in [7, 11) is 0. The quantitative estimate of drug-likeness (QED) is 0.0855. The molecule has 194 valence electrons. The van der Waals surface area contributed by atoms with Crippen LogP contribution in [-0.2, 0) is 0 Å². The second-order valence-corrected chi connectivity index (χ2v) is 7.72. The molecular weight excluding hydrogens is 545 g/mol. The zero-order chi connectivity index (χ0) is 27.9. The molecule has 0 saturated carbocycles. The number of fused-ring (bicyclic) bond motifs is 1. The van der Waals surface area contributed by atoms with Crippen LogP contribution in [0.15, 0.2) is 40.8 Å². The van der Waals surface area contributed by atoms with E-state index >= 15 is 0 Å². The summed E-state index contributed by atoms with van der Waals surface area (Å²) < 4.78 is 73.7. The van der Waals surface area contributed by atoms with Gasteiger partial charge in [0.25, 0.3) is 17.3 Å². The maximum absolute atomic E-state index is 14.1. The summed E-state index contributed by atoms with van der Waals surface area (Å²) in [6, 6.07) is 5.98. The molecule has 4 rings (SSSR count). The number of non-ortho nitro benzene ring substituents is 2. The minimum atomic E-state index is -2.35. The zero-order valence-corrected chi connectivity index (χ0v) is 18.9. The summed E-state index contributed by atoms with van der Waals surface area (Å²) >= 11 is 4.99. The molecule has 0 bridgehead atoms. The minimum Gasteiger partial charge on any atom is -0.436 e. The predicted molar refractivity (Wildman–Crippen MR) is 123 cm³/mol. The van der Waals surface area contributed by atoms with E-state index in [0.29, 0.717) is 6.07 Å². The molecule has 0 aliphatic heterocycles. The van der Waals surface area contributed by atoms with E-state index in [1.54, 1.807) is 0 Å². The molecule has 3 aromatic carbocycles. The lowest BCUT2D eigenvalue weighted by Gasteiger charge is -2.09. The Morgan fingerprint density at radius 2 is 1.42 bits per heavy atom. The van der Waals surface area contributed by atoms with E-state index in [1.807, 2.05) is 0 Å². The number of carbonyl (C=O) groups is 1. The topological polar surface area (TPSA) is 153 Å². The number of amides is 1. The van der Waals surface area contributed by atoms with Crippen LogP contribution >= 0.6 is 12.2 Å². The van der Waals surface area contributed by atoms with E-state index in [4.69, 9.17) is 16.6 Å². The molecule has 0 saturated heterocycles. The van der Waals surface area contributed by atoms with Gasteiger partial charge in [-0.25, -0.2) is 26.9 Å². The van der Waals surface area contributed by atoms with Gasteiger partial charge in [-0.1, -0.05) is 0 Å². The Kier molecular flexibility index (Phi) is 6.69. The number of hydrogen-bond acceptors (Lipinski definition) is 8. The SMILES string of the molecule is O=C(NC(=S)Nc1ccc2oc(-c3c(F)c(F)c(F)c(F)c3F)nc2c1)c1cc([N+](=O)[O-])cc([N+](=O)[O-])c1. The van der Waals surface area contributed by atoms with Gasteiger partial charge in [-0.15, -0.1) is 0 Å². The number of nitrogens with zero attached hydrogens (tertiary/aromatic N) is 3. The minimum absolute atomic E-state index is 0.0997. The number of nitro benzene ring substituents is 2. The average molecular weight is 553 g/mol. The number of hydrogen-bond donors (Lipinski definition) is 2. The van der Waals surface area contributed by atoms with Gasteiger partial charge in [0.05, 0.1) is 21.5 Å². The molecular formula is C21H8F5N5O6S. The third kappa shape index (κ3) is 4.81. The Morgan fingerprint density at radius 1 is 0.868 bits per heavy atom. The van der Waals surface area contributed by atoms with Gasteiger partial charge in [0.15, 0.2) is 34.0 Å². The number of aromatic nitrogens is 1. The summed E-state index contributed by atoms with van der Waals surface area (Å²) in [5.74, 6) is -12.9. The average Bonchev–Trinajstić information content (AvgIpc) is 3.28. The van der Waals surface area contributed by atoms with E-state index in [0.717, 1.165) is 12.1 Å². The highest BCUT2D eigenvalue weighted by atomic mass is 32.1. The standard InChI is InChI=1S/C21H8F5N5O6S/c22-14-13(15(23)17(25)18(26)16(14)24)20-28-11-5-8(1-2-12(11)37-20)27-21(38)29-19(32)7-3-9(30(33)34)6-10(4-7)31(35)36/h1-6H,(H2,27,29,32,38).